The van der Waals surface area contributed by atoms with Crippen molar-refractivity contribution in [1.82, 2.24) is 10.2 Å². The van der Waals surface area contributed by atoms with Crippen molar-refractivity contribution in [3.8, 4) is 0 Å². The minimum absolute atomic E-state index is 0.0570. The van der Waals surface area contributed by atoms with Gasteiger partial charge in [-0.05, 0) is 37.0 Å². The van der Waals surface area contributed by atoms with Crippen LogP contribution in [0.1, 0.15) is 25.3 Å². The normalized spacial score (nSPS) is 17.1. The van der Waals surface area contributed by atoms with Crippen molar-refractivity contribution < 1.29 is 22.7 Å². The molecule has 8 nitrogen and oxygen atoms in total. The summed E-state index contributed by atoms with van der Waals surface area (Å²) in [7, 11) is -3.71. The molecule has 0 radical (unpaired) electrons. The highest BCUT2D eigenvalue weighted by atomic mass is 32.2. The first-order valence-electron chi connectivity index (χ1n) is 8.54. The maximum absolute atomic E-state index is 11.9. The number of carbonyl (C=O) groups excluding carboxylic acids is 2. The summed E-state index contributed by atoms with van der Waals surface area (Å²) >= 11 is 0. The third kappa shape index (κ3) is 6.08. The first-order chi connectivity index (χ1) is 12.3. The molecule has 1 aliphatic heterocycles. The Morgan fingerprint density at radius 2 is 1.96 bits per heavy atom. The number of hydrogen-bond acceptors (Lipinski definition) is 5. The van der Waals surface area contributed by atoms with E-state index in [0.29, 0.717) is 32.7 Å². The summed E-state index contributed by atoms with van der Waals surface area (Å²) in [6, 6.07) is 6.25. The highest BCUT2D eigenvalue weighted by molar-refractivity contribution is 7.89. The van der Waals surface area contributed by atoms with E-state index in [1.165, 1.54) is 19.1 Å². The number of carbonyl (C=O) groups is 2. The van der Waals surface area contributed by atoms with E-state index in [4.69, 9.17) is 9.88 Å². The van der Waals surface area contributed by atoms with Crippen LogP contribution in [0.15, 0.2) is 29.2 Å². The molecule has 1 fully saturated rings. The lowest BCUT2D eigenvalue weighted by Gasteiger charge is -2.22. The molecule has 9 heteroatoms. The molecule has 0 bridgehead atoms. The van der Waals surface area contributed by atoms with Gasteiger partial charge in [0.15, 0.2) is 0 Å². The number of amides is 2. The van der Waals surface area contributed by atoms with E-state index in [2.05, 4.69) is 5.32 Å². The van der Waals surface area contributed by atoms with Gasteiger partial charge in [-0.15, -0.1) is 0 Å². The zero-order valence-electron chi connectivity index (χ0n) is 14.8. The number of nitrogens with two attached hydrogens (primary N) is 1. The second kappa shape index (κ2) is 9.11. The molecule has 0 saturated carbocycles. The minimum Gasteiger partial charge on any atom is -0.368 e. The van der Waals surface area contributed by atoms with Gasteiger partial charge in [-0.2, -0.15) is 0 Å². The summed E-state index contributed by atoms with van der Waals surface area (Å²) in [5.74, 6) is -0.220. The van der Waals surface area contributed by atoms with Crippen molar-refractivity contribution in [2.24, 2.45) is 5.14 Å². The van der Waals surface area contributed by atoms with E-state index in [1.54, 1.807) is 17.0 Å². The predicted molar refractivity (Wildman–Crippen MR) is 95.8 cm³/mol. The molecule has 26 heavy (non-hydrogen) atoms. The molecule has 2 amide bonds. The van der Waals surface area contributed by atoms with E-state index in [0.717, 1.165) is 18.4 Å². The Labute approximate surface area is 153 Å². The molecule has 0 spiro atoms. The fourth-order valence-corrected chi connectivity index (χ4v) is 3.26. The van der Waals surface area contributed by atoms with E-state index >= 15 is 0 Å². The zero-order valence-corrected chi connectivity index (χ0v) is 15.6. The van der Waals surface area contributed by atoms with Crippen LogP contribution in [0.3, 0.4) is 0 Å². The summed E-state index contributed by atoms with van der Waals surface area (Å²) in [6.07, 6.45) is 1.82. The van der Waals surface area contributed by atoms with Gasteiger partial charge < -0.3 is 15.0 Å². The Bertz CT molecular complexity index is 727. The van der Waals surface area contributed by atoms with E-state index in [9.17, 15) is 18.0 Å². The van der Waals surface area contributed by atoms with Crippen LogP contribution >= 0.6 is 0 Å². The molecule has 1 aromatic rings. The summed E-state index contributed by atoms with van der Waals surface area (Å²) < 4.78 is 27.8. The standard InChI is InChI=1S/C17H25N3O5S/c1-13(21)20(11-9-19-17(22)16-3-2-12-25-16)10-8-14-4-6-15(7-5-14)26(18,23)24/h4-7,16H,2-3,8-12H2,1H3,(H,19,22)(H2,18,23,24). The number of benzene rings is 1. The molecular formula is C17H25N3O5S. The second-order valence-electron chi connectivity index (χ2n) is 6.24. The molecule has 1 atom stereocenters. The van der Waals surface area contributed by atoms with Gasteiger partial charge >= 0.3 is 0 Å². The number of primary sulfonamides is 1. The van der Waals surface area contributed by atoms with Crippen LogP contribution in [0.4, 0.5) is 0 Å². The molecule has 1 aromatic carbocycles. The number of ether oxygens (including phenoxy) is 1. The smallest absolute Gasteiger partial charge is 0.249 e. The Morgan fingerprint density at radius 1 is 1.27 bits per heavy atom. The maximum Gasteiger partial charge on any atom is 0.249 e. The van der Waals surface area contributed by atoms with Crippen molar-refractivity contribution in [2.75, 3.05) is 26.2 Å². The lowest BCUT2D eigenvalue weighted by Crippen LogP contribution is -2.41. The Hall–Kier alpha value is -1.97. The molecule has 2 rings (SSSR count). The molecule has 3 N–H and O–H groups in total. The van der Waals surface area contributed by atoms with Gasteiger partial charge in [0.25, 0.3) is 0 Å². The second-order valence-corrected chi connectivity index (χ2v) is 7.80. The third-order valence-corrected chi connectivity index (χ3v) is 5.20. The van der Waals surface area contributed by atoms with Crippen molar-refractivity contribution in [1.29, 1.82) is 0 Å². The van der Waals surface area contributed by atoms with Crippen LogP contribution in [-0.4, -0.2) is 57.5 Å². The van der Waals surface area contributed by atoms with Gasteiger partial charge in [0, 0.05) is 33.2 Å². The lowest BCUT2D eigenvalue weighted by atomic mass is 10.1. The number of nitrogens with one attached hydrogen (secondary N) is 1. The van der Waals surface area contributed by atoms with Gasteiger partial charge in [-0.1, -0.05) is 12.1 Å². The number of nitrogens with zero attached hydrogens (tertiary/aromatic N) is 1. The number of rotatable bonds is 8. The SMILES string of the molecule is CC(=O)N(CCNC(=O)C1CCCO1)CCc1ccc(S(N)(=O)=O)cc1. The molecule has 144 valence electrons. The van der Waals surface area contributed by atoms with Crippen LogP contribution in [-0.2, 0) is 30.8 Å². The first-order valence-corrected chi connectivity index (χ1v) is 10.1. The lowest BCUT2D eigenvalue weighted by molar-refractivity contribution is -0.132. The fourth-order valence-electron chi connectivity index (χ4n) is 2.75. The Balaban J connectivity index is 1.80. The van der Waals surface area contributed by atoms with Crippen molar-refractivity contribution >= 4 is 21.8 Å². The van der Waals surface area contributed by atoms with Crippen LogP contribution in [0.25, 0.3) is 0 Å². The summed E-state index contributed by atoms with van der Waals surface area (Å²) in [6.45, 7) is 3.33. The van der Waals surface area contributed by atoms with Crippen molar-refractivity contribution in [3.05, 3.63) is 29.8 Å². The topological polar surface area (TPSA) is 119 Å². The van der Waals surface area contributed by atoms with Gasteiger partial charge in [0.1, 0.15) is 6.10 Å². The maximum atomic E-state index is 11.9. The number of hydrogen-bond donors (Lipinski definition) is 2. The van der Waals surface area contributed by atoms with E-state index < -0.39 is 10.0 Å². The molecule has 1 aliphatic rings. The van der Waals surface area contributed by atoms with Crippen molar-refractivity contribution in [2.45, 2.75) is 37.2 Å². The largest absolute Gasteiger partial charge is 0.368 e. The minimum atomic E-state index is -3.71. The number of sulfonamides is 1. The Kier molecular flexibility index (Phi) is 7.13. The molecule has 1 heterocycles. The monoisotopic (exact) mass is 383 g/mol. The summed E-state index contributed by atoms with van der Waals surface area (Å²) in [4.78, 5) is 25.4. The molecule has 0 aromatic heterocycles. The third-order valence-electron chi connectivity index (χ3n) is 4.27. The van der Waals surface area contributed by atoms with Gasteiger partial charge in [-0.3, -0.25) is 9.59 Å². The molecule has 1 unspecified atom stereocenters. The molecule has 0 aliphatic carbocycles. The van der Waals surface area contributed by atoms with Gasteiger partial charge in [0.2, 0.25) is 21.8 Å². The molecule has 1 saturated heterocycles. The van der Waals surface area contributed by atoms with Crippen LogP contribution < -0.4 is 10.5 Å². The van der Waals surface area contributed by atoms with E-state index in [1.807, 2.05) is 0 Å². The van der Waals surface area contributed by atoms with Crippen LogP contribution in [0.5, 0.6) is 0 Å². The predicted octanol–water partition coefficient (Wildman–Crippen LogP) is 0.0202. The quantitative estimate of drug-likeness (QED) is 0.656. The average molecular weight is 383 g/mol. The molecular weight excluding hydrogens is 358 g/mol. The van der Waals surface area contributed by atoms with Crippen LogP contribution in [0.2, 0.25) is 0 Å². The fraction of sp³-hybridized carbons (Fsp3) is 0.529. The van der Waals surface area contributed by atoms with Gasteiger partial charge in [-0.25, -0.2) is 13.6 Å². The summed E-state index contributed by atoms with van der Waals surface area (Å²) in [5, 5.41) is 7.86. The highest BCUT2D eigenvalue weighted by Gasteiger charge is 2.23. The summed E-state index contributed by atoms with van der Waals surface area (Å²) in [5.41, 5.74) is 0.895. The zero-order chi connectivity index (χ0) is 19.2. The first kappa shape index (κ1) is 20.3. The van der Waals surface area contributed by atoms with Crippen molar-refractivity contribution in [3.63, 3.8) is 0 Å². The Morgan fingerprint density at radius 3 is 2.50 bits per heavy atom. The van der Waals surface area contributed by atoms with Crippen LogP contribution in [0, 0.1) is 0 Å². The van der Waals surface area contributed by atoms with Gasteiger partial charge in [0.05, 0.1) is 4.90 Å². The highest BCUT2D eigenvalue weighted by Crippen LogP contribution is 2.12. The van der Waals surface area contributed by atoms with E-state index in [-0.39, 0.29) is 22.8 Å². The average Bonchev–Trinajstić information content (AvgIpc) is 3.11.